The minimum absolute atomic E-state index is 0.0763. The van der Waals surface area contributed by atoms with Crippen LogP contribution in [0.3, 0.4) is 0 Å². The quantitative estimate of drug-likeness (QED) is 0.617. The van der Waals surface area contributed by atoms with Gasteiger partial charge in [0.25, 0.3) is 0 Å². The Morgan fingerprint density at radius 2 is 1.84 bits per heavy atom. The summed E-state index contributed by atoms with van der Waals surface area (Å²) in [7, 11) is 1.41. The van der Waals surface area contributed by atoms with Gasteiger partial charge in [-0.1, -0.05) is 0 Å². The monoisotopic (exact) mass is 265 g/mol. The van der Waals surface area contributed by atoms with E-state index in [1.54, 1.807) is 0 Å². The van der Waals surface area contributed by atoms with Gasteiger partial charge in [0.2, 0.25) is 5.91 Å². The molecule has 0 saturated heterocycles. The van der Waals surface area contributed by atoms with Crippen molar-refractivity contribution in [2.24, 2.45) is 5.73 Å². The predicted molar refractivity (Wildman–Crippen MR) is 68.3 cm³/mol. The van der Waals surface area contributed by atoms with Crippen molar-refractivity contribution in [3.05, 3.63) is 29.8 Å². The number of carbonyl (C=O) groups is 3. The molecule has 0 fully saturated rings. The number of aliphatic hydroxyl groups excluding tert-OH is 1. The molecule has 0 aliphatic heterocycles. The van der Waals surface area contributed by atoms with Crippen LogP contribution in [0.25, 0.3) is 0 Å². The summed E-state index contributed by atoms with van der Waals surface area (Å²) in [4.78, 5) is 35.1. The summed E-state index contributed by atoms with van der Waals surface area (Å²) in [5.41, 5.74) is 5.76. The molecule has 1 rings (SSSR count). The predicted octanol–water partition coefficient (Wildman–Crippen LogP) is -0.825. The van der Waals surface area contributed by atoms with Crippen LogP contribution in [0, 0.1) is 0 Å². The van der Waals surface area contributed by atoms with E-state index in [1.165, 1.54) is 31.3 Å². The van der Waals surface area contributed by atoms with E-state index in [0.29, 0.717) is 11.3 Å². The lowest BCUT2D eigenvalue weighted by atomic mass is 10.2. The number of amides is 3. The van der Waals surface area contributed by atoms with Crippen LogP contribution in [0.1, 0.15) is 10.4 Å². The van der Waals surface area contributed by atoms with Gasteiger partial charge in [-0.05, 0) is 24.3 Å². The molecule has 7 nitrogen and oxygen atoms in total. The molecule has 0 spiro atoms. The molecule has 3 amide bonds. The minimum atomic E-state index is -0.817. The Bertz CT molecular complexity index is 484. The molecule has 4 N–H and O–H groups in total. The van der Waals surface area contributed by atoms with Gasteiger partial charge in [0, 0.05) is 24.8 Å². The molecule has 0 unspecified atom stereocenters. The number of carbonyl (C=O) groups excluding carboxylic acids is 3. The molecular formula is C12H15N3O4. The van der Waals surface area contributed by atoms with Gasteiger partial charge in [0.15, 0.2) is 0 Å². The zero-order valence-corrected chi connectivity index (χ0v) is 10.4. The fourth-order valence-corrected chi connectivity index (χ4v) is 1.33. The standard InChI is InChI=1S/C12H15N3O4/c1-15(6-7-16)12(19)11(18)14-9-4-2-8(3-5-9)10(13)17/h2-5,16H,6-7H2,1H3,(H2,13,17)(H,14,18). The molecule has 0 atom stereocenters. The topological polar surface area (TPSA) is 113 Å². The third-order valence-electron chi connectivity index (χ3n) is 2.40. The first-order valence-corrected chi connectivity index (χ1v) is 5.53. The van der Waals surface area contributed by atoms with Gasteiger partial charge < -0.3 is 21.1 Å². The smallest absolute Gasteiger partial charge is 0.313 e. The van der Waals surface area contributed by atoms with E-state index >= 15 is 0 Å². The van der Waals surface area contributed by atoms with E-state index in [1.807, 2.05) is 0 Å². The van der Waals surface area contributed by atoms with Crippen LogP contribution in [0.15, 0.2) is 24.3 Å². The van der Waals surface area contributed by atoms with Crippen molar-refractivity contribution >= 4 is 23.4 Å². The number of nitrogens with two attached hydrogens (primary N) is 1. The third kappa shape index (κ3) is 4.07. The lowest BCUT2D eigenvalue weighted by molar-refractivity contribution is -0.142. The first-order valence-electron chi connectivity index (χ1n) is 5.53. The highest BCUT2D eigenvalue weighted by atomic mass is 16.3. The van der Waals surface area contributed by atoms with E-state index in [-0.39, 0.29) is 13.2 Å². The fraction of sp³-hybridized carbons (Fsp3) is 0.250. The zero-order valence-electron chi connectivity index (χ0n) is 10.4. The Morgan fingerprint density at radius 1 is 1.26 bits per heavy atom. The highest BCUT2D eigenvalue weighted by molar-refractivity contribution is 6.39. The van der Waals surface area contributed by atoms with Crippen LogP contribution in [-0.2, 0) is 9.59 Å². The molecule has 0 aliphatic rings. The average Bonchev–Trinajstić information content (AvgIpc) is 2.38. The van der Waals surface area contributed by atoms with Crippen molar-refractivity contribution in [1.29, 1.82) is 0 Å². The Kier molecular flexibility index (Phi) is 5.01. The van der Waals surface area contributed by atoms with Crippen LogP contribution in [0.5, 0.6) is 0 Å². The van der Waals surface area contributed by atoms with Crippen LogP contribution >= 0.6 is 0 Å². The maximum absolute atomic E-state index is 11.6. The largest absolute Gasteiger partial charge is 0.395 e. The van der Waals surface area contributed by atoms with Gasteiger partial charge >= 0.3 is 11.8 Å². The minimum Gasteiger partial charge on any atom is -0.395 e. The second-order valence-electron chi connectivity index (χ2n) is 3.85. The number of hydrogen-bond acceptors (Lipinski definition) is 4. The van der Waals surface area contributed by atoms with Gasteiger partial charge in [0.05, 0.1) is 6.61 Å². The van der Waals surface area contributed by atoms with Crippen molar-refractivity contribution < 1.29 is 19.5 Å². The lowest BCUT2D eigenvalue weighted by Gasteiger charge is -2.14. The van der Waals surface area contributed by atoms with Crippen LogP contribution in [0.2, 0.25) is 0 Å². The van der Waals surface area contributed by atoms with Crippen LogP contribution in [0.4, 0.5) is 5.69 Å². The van der Waals surface area contributed by atoms with Gasteiger partial charge in [-0.2, -0.15) is 0 Å². The summed E-state index contributed by atoms with van der Waals surface area (Å²) >= 11 is 0. The number of primary amides is 1. The molecule has 0 aliphatic carbocycles. The lowest BCUT2D eigenvalue weighted by Crippen LogP contribution is -2.38. The summed E-state index contributed by atoms with van der Waals surface area (Å²) < 4.78 is 0. The van der Waals surface area contributed by atoms with Gasteiger partial charge in [-0.15, -0.1) is 0 Å². The number of aliphatic hydroxyl groups is 1. The number of nitrogens with one attached hydrogen (secondary N) is 1. The molecule has 0 radical (unpaired) electrons. The Hall–Kier alpha value is -2.41. The summed E-state index contributed by atoms with van der Waals surface area (Å²) in [6, 6.07) is 5.83. The maximum Gasteiger partial charge on any atom is 0.313 e. The second-order valence-corrected chi connectivity index (χ2v) is 3.85. The fourth-order valence-electron chi connectivity index (χ4n) is 1.33. The number of anilines is 1. The summed E-state index contributed by atoms with van der Waals surface area (Å²) in [6.45, 7) is -0.143. The first kappa shape index (κ1) is 14.7. The Balaban J connectivity index is 2.66. The van der Waals surface area contributed by atoms with E-state index in [9.17, 15) is 14.4 Å². The van der Waals surface area contributed by atoms with Crippen LogP contribution in [-0.4, -0.2) is 47.9 Å². The first-order chi connectivity index (χ1) is 8.95. The molecule has 0 heterocycles. The van der Waals surface area contributed by atoms with Crippen molar-refractivity contribution in [2.45, 2.75) is 0 Å². The number of rotatable bonds is 4. The van der Waals surface area contributed by atoms with Crippen molar-refractivity contribution in [3.63, 3.8) is 0 Å². The maximum atomic E-state index is 11.6. The molecule has 0 bridgehead atoms. The average molecular weight is 265 g/mol. The molecule has 1 aromatic rings. The summed E-state index contributed by atoms with van der Waals surface area (Å²) in [5.74, 6) is -2.15. The van der Waals surface area contributed by atoms with Crippen molar-refractivity contribution in [2.75, 3.05) is 25.5 Å². The summed E-state index contributed by atoms with van der Waals surface area (Å²) in [6.07, 6.45) is 0. The second kappa shape index (κ2) is 6.50. The number of nitrogens with zero attached hydrogens (tertiary/aromatic N) is 1. The van der Waals surface area contributed by atoms with Crippen molar-refractivity contribution in [1.82, 2.24) is 4.90 Å². The highest BCUT2D eigenvalue weighted by Crippen LogP contribution is 2.09. The normalized spacial score (nSPS) is 9.79. The van der Waals surface area contributed by atoms with Gasteiger partial charge in [-0.25, -0.2) is 0 Å². The van der Waals surface area contributed by atoms with Crippen LogP contribution < -0.4 is 11.1 Å². The molecule has 1 aromatic carbocycles. The van der Waals surface area contributed by atoms with E-state index in [0.717, 1.165) is 4.90 Å². The SMILES string of the molecule is CN(CCO)C(=O)C(=O)Nc1ccc(C(N)=O)cc1. The molecular weight excluding hydrogens is 250 g/mol. The van der Waals surface area contributed by atoms with Gasteiger partial charge in [0.1, 0.15) is 0 Å². The number of hydrogen-bond donors (Lipinski definition) is 3. The van der Waals surface area contributed by atoms with Crippen molar-refractivity contribution in [3.8, 4) is 0 Å². The van der Waals surface area contributed by atoms with E-state index < -0.39 is 17.7 Å². The molecule has 102 valence electrons. The Labute approximate surface area is 110 Å². The number of benzene rings is 1. The molecule has 0 aromatic heterocycles. The molecule has 19 heavy (non-hydrogen) atoms. The Morgan fingerprint density at radius 3 is 2.32 bits per heavy atom. The number of likely N-dealkylation sites (N-methyl/N-ethyl adjacent to an activating group) is 1. The molecule has 7 heteroatoms. The third-order valence-corrected chi connectivity index (χ3v) is 2.40. The highest BCUT2D eigenvalue weighted by Gasteiger charge is 2.18. The zero-order chi connectivity index (χ0) is 14.4. The van der Waals surface area contributed by atoms with E-state index in [4.69, 9.17) is 10.8 Å². The van der Waals surface area contributed by atoms with Gasteiger partial charge in [-0.3, -0.25) is 14.4 Å². The summed E-state index contributed by atoms with van der Waals surface area (Å²) in [5, 5.41) is 11.1. The molecule has 0 saturated carbocycles. The van der Waals surface area contributed by atoms with E-state index in [2.05, 4.69) is 5.32 Å².